The number of nitrogens with zero attached hydrogens (tertiary/aromatic N) is 2. The highest BCUT2D eigenvalue weighted by atomic mass is 16.5. The zero-order valence-electron chi connectivity index (χ0n) is 15.2. The number of rotatable bonds is 7. The first-order valence-electron chi connectivity index (χ1n) is 8.58. The minimum atomic E-state index is 0.654. The van der Waals surface area contributed by atoms with Gasteiger partial charge in [0.1, 0.15) is 0 Å². The van der Waals surface area contributed by atoms with E-state index in [9.17, 15) is 0 Å². The summed E-state index contributed by atoms with van der Waals surface area (Å²) in [4.78, 5) is 6.96. The van der Waals surface area contributed by atoms with Crippen LogP contribution in [0.15, 0.2) is 17.1 Å². The monoisotopic (exact) mass is 335 g/mol. The van der Waals surface area contributed by atoms with E-state index in [1.807, 2.05) is 6.92 Å². The van der Waals surface area contributed by atoms with Crippen LogP contribution in [0, 0.1) is 0 Å². The number of ether oxygens (including phenoxy) is 3. The summed E-state index contributed by atoms with van der Waals surface area (Å²) in [6.07, 6.45) is 0.964. The van der Waals surface area contributed by atoms with E-state index in [1.54, 1.807) is 14.2 Å². The van der Waals surface area contributed by atoms with Crippen LogP contribution in [-0.4, -0.2) is 57.9 Å². The number of hydrogen-bond acceptors (Lipinski definition) is 4. The lowest BCUT2D eigenvalue weighted by molar-refractivity contribution is 0.155. The summed E-state index contributed by atoms with van der Waals surface area (Å²) in [5.41, 5.74) is 2.57. The van der Waals surface area contributed by atoms with Gasteiger partial charge in [0.15, 0.2) is 17.5 Å². The average Bonchev–Trinajstić information content (AvgIpc) is 2.62. The molecule has 24 heavy (non-hydrogen) atoms. The highest BCUT2D eigenvalue weighted by Gasteiger charge is 2.21. The maximum Gasteiger partial charge on any atom is 0.194 e. The molecule has 0 amide bonds. The molecule has 6 heteroatoms. The lowest BCUT2D eigenvalue weighted by Gasteiger charge is -2.32. The number of guanidine groups is 1. The molecule has 0 spiro atoms. The molecule has 1 heterocycles. The molecule has 0 bridgehead atoms. The van der Waals surface area contributed by atoms with E-state index in [1.165, 1.54) is 11.1 Å². The molecule has 0 atom stereocenters. The first-order chi connectivity index (χ1) is 11.7. The Bertz CT molecular complexity index is 561. The molecule has 1 aromatic carbocycles. The number of nitrogens with one attached hydrogen (secondary N) is 1. The molecular formula is C18H29N3O3. The lowest BCUT2D eigenvalue weighted by Crippen LogP contribution is -2.44. The molecule has 0 saturated heterocycles. The van der Waals surface area contributed by atoms with Gasteiger partial charge >= 0.3 is 0 Å². The number of hydrogen-bond donors (Lipinski definition) is 1. The summed E-state index contributed by atoms with van der Waals surface area (Å²) in [5.74, 6) is 2.51. The van der Waals surface area contributed by atoms with Crippen molar-refractivity contribution < 1.29 is 14.2 Å². The fourth-order valence-electron chi connectivity index (χ4n) is 2.85. The van der Waals surface area contributed by atoms with E-state index < -0.39 is 0 Å². The van der Waals surface area contributed by atoms with Gasteiger partial charge in [-0.15, -0.1) is 0 Å². The second kappa shape index (κ2) is 9.37. The standard InChI is InChI=1S/C18H29N3O3/c1-5-19-18(20-8-10-24-6-2)21-9-7-14-11-16(22-3)17(23-4)12-15(14)13-21/h11-12H,5-10,13H2,1-4H3,(H,19,20). The Morgan fingerprint density at radius 1 is 1.17 bits per heavy atom. The van der Waals surface area contributed by atoms with Crippen molar-refractivity contribution in [2.24, 2.45) is 4.99 Å². The van der Waals surface area contributed by atoms with Crippen LogP contribution in [0.1, 0.15) is 25.0 Å². The maximum absolute atomic E-state index is 5.43. The summed E-state index contributed by atoms with van der Waals surface area (Å²) >= 11 is 0. The molecule has 1 aromatic rings. The van der Waals surface area contributed by atoms with Crippen LogP contribution >= 0.6 is 0 Å². The van der Waals surface area contributed by atoms with Crippen molar-refractivity contribution in [3.63, 3.8) is 0 Å². The number of methoxy groups -OCH3 is 2. The van der Waals surface area contributed by atoms with Crippen LogP contribution in [0.5, 0.6) is 11.5 Å². The highest BCUT2D eigenvalue weighted by Crippen LogP contribution is 2.33. The average molecular weight is 335 g/mol. The van der Waals surface area contributed by atoms with E-state index in [0.29, 0.717) is 13.2 Å². The molecule has 0 aromatic heterocycles. The van der Waals surface area contributed by atoms with E-state index in [-0.39, 0.29) is 0 Å². The van der Waals surface area contributed by atoms with Gasteiger partial charge in [-0.3, -0.25) is 4.99 Å². The summed E-state index contributed by atoms with van der Waals surface area (Å²) in [7, 11) is 3.35. The Morgan fingerprint density at radius 2 is 1.88 bits per heavy atom. The largest absolute Gasteiger partial charge is 0.493 e. The second-order valence-electron chi connectivity index (χ2n) is 5.58. The van der Waals surface area contributed by atoms with Crippen LogP contribution in [-0.2, 0) is 17.7 Å². The van der Waals surface area contributed by atoms with Crippen LogP contribution in [0.4, 0.5) is 0 Å². The van der Waals surface area contributed by atoms with E-state index in [2.05, 4.69) is 34.3 Å². The molecule has 0 aliphatic carbocycles. The van der Waals surface area contributed by atoms with Gasteiger partial charge in [0.05, 0.1) is 27.4 Å². The zero-order valence-corrected chi connectivity index (χ0v) is 15.2. The Morgan fingerprint density at radius 3 is 2.50 bits per heavy atom. The first-order valence-corrected chi connectivity index (χ1v) is 8.58. The first kappa shape index (κ1) is 18.4. The van der Waals surface area contributed by atoms with Gasteiger partial charge in [0.2, 0.25) is 0 Å². The molecule has 0 radical (unpaired) electrons. The third-order valence-corrected chi connectivity index (χ3v) is 4.05. The van der Waals surface area contributed by atoms with Gasteiger partial charge in [0.25, 0.3) is 0 Å². The third kappa shape index (κ3) is 4.54. The molecule has 6 nitrogen and oxygen atoms in total. The summed E-state index contributed by atoms with van der Waals surface area (Å²) in [6.45, 7) is 8.74. The van der Waals surface area contributed by atoms with Crippen molar-refractivity contribution in [2.45, 2.75) is 26.8 Å². The number of benzene rings is 1. The molecule has 1 aliphatic heterocycles. The highest BCUT2D eigenvalue weighted by molar-refractivity contribution is 5.80. The van der Waals surface area contributed by atoms with Gasteiger partial charge < -0.3 is 24.4 Å². The number of aliphatic imine (C=N–C) groups is 1. The van der Waals surface area contributed by atoms with Gasteiger partial charge in [0, 0.05) is 26.2 Å². The SMILES string of the molecule is CCNC(=NCCOCC)N1CCc2cc(OC)c(OC)cc2C1. The smallest absolute Gasteiger partial charge is 0.194 e. The minimum absolute atomic E-state index is 0.654. The molecule has 0 fully saturated rings. The van der Waals surface area contributed by atoms with E-state index in [0.717, 1.165) is 50.1 Å². The van der Waals surface area contributed by atoms with Crippen molar-refractivity contribution in [3.8, 4) is 11.5 Å². The van der Waals surface area contributed by atoms with E-state index >= 15 is 0 Å². The van der Waals surface area contributed by atoms with Gasteiger partial charge in [-0.1, -0.05) is 0 Å². The quantitative estimate of drug-likeness (QED) is 0.470. The fourth-order valence-corrected chi connectivity index (χ4v) is 2.85. The Balaban J connectivity index is 2.13. The second-order valence-corrected chi connectivity index (χ2v) is 5.58. The molecular weight excluding hydrogens is 306 g/mol. The molecule has 134 valence electrons. The van der Waals surface area contributed by atoms with Crippen molar-refractivity contribution in [1.82, 2.24) is 10.2 Å². The Hall–Kier alpha value is -1.95. The predicted molar refractivity (Wildman–Crippen MR) is 96.1 cm³/mol. The molecule has 0 saturated carbocycles. The molecule has 2 rings (SSSR count). The Kier molecular flexibility index (Phi) is 7.18. The molecule has 1 aliphatic rings. The van der Waals surface area contributed by atoms with Crippen LogP contribution in [0.2, 0.25) is 0 Å². The summed E-state index contributed by atoms with van der Waals surface area (Å²) < 4.78 is 16.2. The van der Waals surface area contributed by atoms with Crippen LogP contribution in [0.25, 0.3) is 0 Å². The maximum atomic E-state index is 5.43. The fraction of sp³-hybridized carbons (Fsp3) is 0.611. The topological polar surface area (TPSA) is 55.3 Å². The zero-order chi connectivity index (χ0) is 17.4. The van der Waals surface area contributed by atoms with Crippen LogP contribution in [0.3, 0.4) is 0 Å². The normalized spacial score (nSPS) is 14.3. The van der Waals surface area contributed by atoms with Crippen molar-refractivity contribution in [3.05, 3.63) is 23.3 Å². The van der Waals surface area contributed by atoms with Crippen LogP contribution < -0.4 is 14.8 Å². The summed E-state index contributed by atoms with van der Waals surface area (Å²) in [6, 6.07) is 4.16. The van der Waals surface area contributed by atoms with Crippen molar-refractivity contribution in [2.75, 3.05) is 47.1 Å². The summed E-state index contributed by atoms with van der Waals surface area (Å²) in [5, 5.41) is 3.38. The third-order valence-electron chi connectivity index (χ3n) is 4.05. The lowest BCUT2D eigenvalue weighted by atomic mass is 9.99. The van der Waals surface area contributed by atoms with E-state index in [4.69, 9.17) is 14.2 Å². The van der Waals surface area contributed by atoms with Crippen molar-refractivity contribution in [1.29, 1.82) is 0 Å². The van der Waals surface area contributed by atoms with Gasteiger partial charge in [-0.25, -0.2) is 0 Å². The minimum Gasteiger partial charge on any atom is -0.493 e. The van der Waals surface area contributed by atoms with Gasteiger partial charge in [-0.2, -0.15) is 0 Å². The molecule has 0 unspecified atom stereocenters. The molecule has 1 N–H and O–H groups in total. The van der Waals surface area contributed by atoms with Gasteiger partial charge in [-0.05, 0) is 43.5 Å². The predicted octanol–water partition coefficient (Wildman–Crippen LogP) is 2.06. The Labute approximate surface area is 144 Å². The van der Waals surface area contributed by atoms with Crippen molar-refractivity contribution >= 4 is 5.96 Å². The number of fused-ring (bicyclic) bond motifs is 1.